The monoisotopic (exact) mass is 282 g/mol. The van der Waals surface area contributed by atoms with Crippen molar-refractivity contribution in [3.63, 3.8) is 0 Å². The Labute approximate surface area is 125 Å². The normalized spacial score (nSPS) is 22.8. The van der Waals surface area contributed by atoms with E-state index in [9.17, 15) is 4.79 Å². The predicted octanol–water partition coefficient (Wildman–Crippen LogP) is 3.86. The molecule has 0 aromatic rings. The fraction of sp³-hybridized carbons (Fsp3) is 0.941. The Morgan fingerprint density at radius 2 is 1.65 bits per heavy atom. The Morgan fingerprint density at radius 1 is 1.00 bits per heavy atom. The van der Waals surface area contributed by atoms with Crippen LogP contribution in [0.2, 0.25) is 0 Å². The molecule has 1 aliphatic carbocycles. The summed E-state index contributed by atoms with van der Waals surface area (Å²) in [5.41, 5.74) is 5.97. The molecule has 0 heterocycles. The van der Waals surface area contributed by atoms with Crippen LogP contribution in [0, 0.1) is 0 Å². The molecule has 1 aliphatic rings. The van der Waals surface area contributed by atoms with E-state index < -0.39 is 0 Å². The summed E-state index contributed by atoms with van der Waals surface area (Å²) in [6.45, 7) is 5.31. The molecule has 3 heteroatoms. The van der Waals surface area contributed by atoms with Crippen molar-refractivity contribution in [2.24, 2.45) is 5.73 Å². The van der Waals surface area contributed by atoms with E-state index in [1.807, 2.05) is 0 Å². The fourth-order valence-corrected chi connectivity index (χ4v) is 3.19. The summed E-state index contributed by atoms with van der Waals surface area (Å²) in [6.07, 6.45) is 12.3. The van der Waals surface area contributed by atoms with Crippen molar-refractivity contribution in [3.8, 4) is 0 Å². The van der Waals surface area contributed by atoms with Gasteiger partial charge in [0, 0.05) is 25.0 Å². The highest BCUT2D eigenvalue weighted by Crippen LogP contribution is 2.23. The highest BCUT2D eigenvalue weighted by molar-refractivity contribution is 5.76. The maximum atomic E-state index is 12.4. The highest BCUT2D eigenvalue weighted by atomic mass is 16.2. The van der Waals surface area contributed by atoms with E-state index in [0.29, 0.717) is 18.0 Å². The van der Waals surface area contributed by atoms with Crippen LogP contribution >= 0.6 is 0 Å². The summed E-state index contributed by atoms with van der Waals surface area (Å²) in [5.74, 6) is 0.379. The van der Waals surface area contributed by atoms with E-state index in [0.717, 1.165) is 51.5 Å². The zero-order valence-electron chi connectivity index (χ0n) is 13.6. The molecule has 0 saturated heterocycles. The SMILES string of the molecule is CCCCCCCC(=O)N(CCC)C1CCC(N)CC1. The van der Waals surface area contributed by atoms with Crippen LogP contribution in [0.25, 0.3) is 0 Å². The average Bonchev–Trinajstić information content (AvgIpc) is 2.45. The summed E-state index contributed by atoms with van der Waals surface area (Å²) in [4.78, 5) is 14.6. The van der Waals surface area contributed by atoms with Crippen molar-refractivity contribution in [1.29, 1.82) is 0 Å². The number of amides is 1. The number of nitrogens with two attached hydrogens (primary N) is 1. The minimum absolute atomic E-state index is 0.360. The molecule has 0 aliphatic heterocycles. The lowest BCUT2D eigenvalue weighted by Gasteiger charge is -2.36. The first kappa shape index (κ1) is 17.5. The van der Waals surface area contributed by atoms with Crippen molar-refractivity contribution in [1.82, 2.24) is 4.90 Å². The molecule has 1 amide bonds. The average molecular weight is 282 g/mol. The van der Waals surface area contributed by atoms with Crippen LogP contribution in [0.3, 0.4) is 0 Å². The minimum atomic E-state index is 0.360. The van der Waals surface area contributed by atoms with Crippen molar-refractivity contribution < 1.29 is 4.79 Å². The van der Waals surface area contributed by atoms with Gasteiger partial charge in [0.05, 0.1) is 0 Å². The van der Waals surface area contributed by atoms with Gasteiger partial charge in [-0.3, -0.25) is 4.79 Å². The van der Waals surface area contributed by atoms with Crippen LogP contribution in [-0.2, 0) is 4.79 Å². The first-order valence-electron chi connectivity index (χ1n) is 8.74. The van der Waals surface area contributed by atoms with Gasteiger partial charge in [-0.25, -0.2) is 0 Å². The van der Waals surface area contributed by atoms with Gasteiger partial charge in [-0.05, 0) is 38.5 Å². The molecular formula is C17H34N2O. The number of hydrogen-bond acceptors (Lipinski definition) is 2. The van der Waals surface area contributed by atoms with Crippen molar-refractivity contribution in [2.45, 2.75) is 96.6 Å². The number of carbonyl (C=O) groups excluding carboxylic acids is 1. The summed E-state index contributed by atoms with van der Waals surface area (Å²) in [6, 6.07) is 0.816. The van der Waals surface area contributed by atoms with Gasteiger partial charge in [0.25, 0.3) is 0 Å². The Kier molecular flexibility index (Phi) is 8.92. The van der Waals surface area contributed by atoms with Crippen LogP contribution in [0.15, 0.2) is 0 Å². The third kappa shape index (κ3) is 6.25. The van der Waals surface area contributed by atoms with Gasteiger partial charge in [-0.1, -0.05) is 39.5 Å². The maximum absolute atomic E-state index is 12.4. The van der Waals surface area contributed by atoms with Crippen LogP contribution in [0.5, 0.6) is 0 Å². The highest BCUT2D eigenvalue weighted by Gasteiger charge is 2.26. The van der Waals surface area contributed by atoms with Crippen molar-refractivity contribution in [2.75, 3.05) is 6.54 Å². The van der Waals surface area contributed by atoms with Gasteiger partial charge >= 0.3 is 0 Å². The molecule has 0 spiro atoms. The molecule has 1 saturated carbocycles. The summed E-state index contributed by atoms with van der Waals surface area (Å²) < 4.78 is 0. The first-order chi connectivity index (χ1) is 9.69. The van der Waals surface area contributed by atoms with Gasteiger partial charge in [0.1, 0.15) is 0 Å². The third-order valence-corrected chi connectivity index (χ3v) is 4.46. The van der Waals surface area contributed by atoms with Crippen LogP contribution in [0.4, 0.5) is 0 Å². The van der Waals surface area contributed by atoms with Gasteiger partial charge in [-0.2, -0.15) is 0 Å². The third-order valence-electron chi connectivity index (χ3n) is 4.46. The number of unbranched alkanes of at least 4 members (excludes halogenated alkanes) is 4. The molecule has 0 aromatic heterocycles. The topological polar surface area (TPSA) is 46.3 Å². The minimum Gasteiger partial charge on any atom is -0.340 e. The van der Waals surface area contributed by atoms with Gasteiger partial charge in [-0.15, -0.1) is 0 Å². The second-order valence-corrected chi connectivity index (χ2v) is 6.32. The summed E-state index contributed by atoms with van der Waals surface area (Å²) in [7, 11) is 0. The zero-order chi connectivity index (χ0) is 14.8. The number of carbonyl (C=O) groups is 1. The second-order valence-electron chi connectivity index (χ2n) is 6.32. The van der Waals surface area contributed by atoms with E-state index in [1.165, 1.54) is 25.7 Å². The van der Waals surface area contributed by atoms with Crippen molar-refractivity contribution in [3.05, 3.63) is 0 Å². The Hall–Kier alpha value is -0.570. The van der Waals surface area contributed by atoms with Gasteiger partial charge in [0.15, 0.2) is 0 Å². The standard InChI is InChI=1S/C17H34N2O/c1-3-5-6-7-8-9-17(20)19(14-4-2)16-12-10-15(18)11-13-16/h15-16H,3-14,18H2,1-2H3. The molecule has 0 aromatic carbocycles. The summed E-state index contributed by atoms with van der Waals surface area (Å²) in [5, 5.41) is 0. The Morgan fingerprint density at radius 3 is 2.25 bits per heavy atom. The maximum Gasteiger partial charge on any atom is 0.222 e. The molecule has 20 heavy (non-hydrogen) atoms. The molecule has 0 radical (unpaired) electrons. The molecule has 1 fully saturated rings. The summed E-state index contributed by atoms with van der Waals surface area (Å²) >= 11 is 0. The Bertz CT molecular complexity index is 260. The molecule has 0 bridgehead atoms. The molecule has 0 atom stereocenters. The van der Waals surface area contributed by atoms with E-state index in [1.54, 1.807) is 0 Å². The first-order valence-corrected chi connectivity index (χ1v) is 8.74. The molecule has 2 N–H and O–H groups in total. The van der Waals surface area contributed by atoms with E-state index in [2.05, 4.69) is 18.7 Å². The predicted molar refractivity (Wildman–Crippen MR) is 85.6 cm³/mol. The lowest BCUT2D eigenvalue weighted by atomic mass is 9.90. The van der Waals surface area contributed by atoms with Gasteiger partial charge < -0.3 is 10.6 Å². The molecule has 118 valence electrons. The van der Waals surface area contributed by atoms with Gasteiger partial charge in [0.2, 0.25) is 5.91 Å². The van der Waals surface area contributed by atoms with E-state index >= 15 is 0 Å². The number of nitrogens with zero attached hydrogens (tertiary/aromatic N) is 1. The number of hydrogen-bond donors (Lipinski definition) is 1. The van der Waals surface area contributed by atoms with Crippen LogP contribution in [-0.4, -0.2) is 29.4 Å². The van der Waals surface area contributed by atoms with Crippen LogP contribution in [0.1, 0.15) is 84.5 Å². The molecule has 3 nitrogen and oxygen atoms in total. The van der Waals surface area contributed by atoms with E-state index in [-0.39, 0.29) is 0 Å². The quantitative estimate of drug-likeness (QED) is 0.653. The smallest absolute Gasteiger partial charge is 0.222 e. The number of rotatable bonds is 9. The fourth-order valence-electron chi connectivity index (χ4n) is 3.19. The van der Waals surface area contributed by atoms with Crippen molar-refractivity contribution >= 4 is 5.91 Å². The zero-order valence-corrected chi connectivity index (χ0v) is 13.6. The molecular weight excluding hydrogens is 248 g/mol. The van der Waals surface area contributed by atoms with E-state index in [4.69, 9.17) is 5.73 Å². The second kappa shape index (κ2) is 10.2. The Balaban J connectivity index is 2.34. The largest absolute Gasteiger partial charge is 0.340 e. The lowest BCUT2D eigenvalue weighted by Crippen LogP contribution is -2.44. The molecule has 0 unspecified atom stereocenters. The molecule has 1 rings (SSSR count). The lowest BCUT2D eigenvalue weighted by molar-refractivity contribution is -0.134. The van der Waals surface area contributed by atoms with Crippen LogP contribution < -0.4 is 5.73 Å².